The number of methoxy groups -OCH3 is 1. The molecule has 0 bridgehead atoms. The second kappa shape index (κ2) is 11.3. The fourth-order valence-electron chi connectivity index (χ4n) is 3.34. The molecule has 3 aromatic rings. The lowest BCUT2D eigenvalue weighted by atomic mass is 9.87. The number of hydrogen-bond donors (Lipinski definition) is 2. The molecule has 0 radical (unpaired) electrons. The molecule has 2 N–H and O–H groups in total. The zero-order valence-electron chi connectivity index (χ0n) is 20.9. The number of benzene rings is 3. The maximum Gasteiger partial charge on any atom is 0.337 e. The lowest BCUT2D eigenvalue weighted by Gasteiger charge is -2.19. The molecule has 0 aliphatic heterocycles. The van der Waals surface area contributed by atoms with Crippen molar-refractivity contribution in [3.05, 3.63) is 111 Å². The molecule has 0 saturated heterocycles. The predicted octanol–water partition coefficient (Wildman–Crippen LogP) is 5.09. The Morgan fingerprint density at radius 3 is 1.95 bits per heavy atom. The van der Waals surface area contributed by atoms with Gasteiger partial charge in [-0.25, -0.2) is 4.79 Å². The first kappa shape index (κ1) is 26.8. The van der Waals surface area contributed by atoms with E-state index in [2.05, 4.69) is 36.1 Å². The zero-order valence-corrected chi connectivity index (χ0v) is 20.9. The fraction of sp³-hybridized carbons (Fsp3) is 0.179. The lowest BCUT2D eigenvalue weighted by Crippen LogP contribution is -2.30. The van der Waals surface area contributed by atoms with Gasteiger partial charge in [-0.15, -0.1) is 0 Å². The molecule has 9 nitrogen and oxygen atoms in total. The Labute approximate surface area is 214 Å². The number of nitro benzene ring substituents is 1. The number of rotatable bonds is 7. The molecule has 0 spiro atoms. The van der Waals surface area contributed by atoms with Gasteiger partial charge in [-0.3, -0.25) is 19.7 Å². The highest BCUT2D eigenvalue weighted by Crippen LogP contribution is 2.22. The van der Waals surface area contributed by atoms with Gasteiger partial charge in [0.05, 0.1) is 17.6 Å². The van der Waals surface area contributed by atoms with Crippen LogP contribution < -0.4 is 10.6 Å². The Hall–Kier alpha value is -4.79. The smallest absolute Gasteiger partial charge is 0.337 e. The summed E-state index contributed by atoms with van der Waals surface area (Å²) in [5, 5.41) is 16.3. The van der Waals surface area contributed by atoms with E-state index >= 15 is 0 Å². The summed E-state index contributed by atoms with van der Waals surface area (Å²) in [6, 6.07) is 18.7. The van der Waals surface area contributed by atoms with Crippen LogP contribution >= 0.6 is 0 Å². The molecule has 3 rings (SSSR count). The van der Waals surface area contributed by atoms with E-state index in [1.807, 2.05) is 12.1 Å². The minimum atomic E-state index is -0.621. The van der Waals surface area contributed by atoms with Gasteiger partial charge in [-0.05, 0) is 71.1 Å². The van der Waals surface area contributed by atoms with Crippen LogP contribution in [0.4, 0.5) is 11.4 Å². The molecule has 0 unspecified atom stereocenters. The SMILES string of the molecule is COC(=O)c1ccc(NC(=O)/C(=C/c2ccc([N+](=O)[O-])cc2)NC(=O)c2ccc(C(C)(C)C)cc2)cc1. The Bertz CT molecular complexity index is 1340. The van der Waals surface area contributed by atoms with Crippen LogP contribution in [0.5, 0.6) is 0 Å². The molecule has 3 aromatic carbocycles. The van der Waals surface area contributed by atoms with Gasteiger partial charge in [0.25, 0.3) is 17.5 Å². The minimum absolute atomic E-state index is 0.0733. The van der Waals surface area contributed by atoms with Crippen LogP contribution in [-0.2, 0) is 14.9 Å². The second-order valence-corrected chi connectivity index (χ2v) is 9.21. The minimum Gasteiger partial charge on any atom is -0.465 e. The fourth-order valence-corrected chi connectivity index (χ4v) is 3.34. The van der Waals surface area contributed by atoms with Gasteiger partial charge in [-0.1, -0.05) is 32.9 Å². The third-order valence-electron chi connectivity index (χ3n) is 5.48. The number of carbonyl (C=O) groups excluding carboxylic acids is 3. The Balaban J connectivity index is 1.88. The first-order valence-electron chi connectivity index (χ1n) is 11.4. The standard InChI is InChI=1S/C28H27N3O6/c1-28(2,3)21-11-7-19(8-12-21)25(32)30-24(17-18-5-15-23(16-6-18)31(35)36)26(33)29-22-13-9-20(10-14-22)27(34)37-4/h5-17H,1-4H3,(H,29,33)(H,30,32)/b24-17-. The summed E-state index contributed by atoms with van der Waals surface area (Å²) in [5.74, 6) is -1.63. The summed E-state index contributed by atoms with van der Waals surface area (Å²) in [5.41, 5.74) is 2.33. The van der Waals surface area contributed by atoms with E-state index in [-0.39, 0.29) is 16.8 Å². The van der Waals surface area contributed by atoms with Crippen LogP contribution in [0.1, 0.15) is 52.6 Å². The molecule has 0 saturated carbocycles. The highest BCUT2D eigenvalue weighted by Gasteiger charge is 2.18. The quantitative estimate of drug-likeness (QED) is 0.201. The molecule has 0 aliphatic carbocycles. The van der Waals surface area contributed by atoms with E-state index in [4.69, 9.17) is 0 Å². The van der Waals surface area contributed by atoms with Crippen LogP contribution in [0.25, 0.3) is 6.08 Å². The van der Waals surface area contributed by atoms with E-state index < -0.39 is 22.7 Å². The number of carbonyl (C=O) groups is 3. The van der Waals surface area contributed by atoms with Crippen molar-refractivity contribution in [3.63, 3.8) is 0 Å². The zero-order chi connectivity index (χ0) is 27.2. The van der Waals surface area contributed by atoms with Gasteiger partial charge in [0.1, 0.15) is 5.70 Å². The molecule has 9 heteroatoms. The molecule has 0 atom stereocenters. The maximum atomic E-state index is 13.1. The molecule has 2 amide bonds. The highest BCUT2D eigenvalue weighted by molar-refractivity contribution is 6.10. The Kier molecular flexibility index (Phi) is 8.19. The van der Waals surface area contributed by atoms with Crippen molar-refractivity contribution in [2.75, 3.05) is 12.4 Å². The van der Waals surface area contributed by atoms with Crippen LogP contribution in [0, 0.1) is 10.1 Å². The lowest BCUT2D eigenvalue weighted by molar-refractivity contribution is -0.384. The van der Waals surface area contributed by atoms with Crippen molar-refractivity contribution in [2.45, 2.75) is 26.2 Å². The third kappa shape index (κ3) is 7.11. The van der Waals surface area contributed by atoms with Crippen molar-refractivity contribution in [1.82, 2.24) is 5.32 Å². The van der Waals surface area contributed by atoms with Crippen molar-refractivity contribution in [1.29, 1.82) is 0 Å². The molecule has 0 heterocycles. The van der Waals surface area contributed by atoms with Gasteiger partial charge in [0.15, 0.2) is 0 Å². The summed E-state index contributed by atoms with van der Waals surface area (Å²) in [4.78, 5) is 48.2. The van der Waals surface area contributed by atoms with Gasteiger partial charge >= 0.3 is 5.97 Å². The maximum absolute atomic E-state index is 13.1. The number of nitrogens with one attached hydrogen (secondary N) is 2. The Morgan fingerprint density at radius 1 is 0.865 bits per heavy atom. The number of ether oxygens (including phenoxy) is 1. The first-order valence-corrected chi connectivity index (χ1v) is 11.4. The van der Waals surface area contributed by atoms with Crippen molar-refractivity contribution < 1.29 is 24.0 Å². The first-order chi connectivity index (χ1) is 17.5. The molecule has 37 heavy (non-hydrogen) atoms. The van der Waals surface area contributed by atoms with Gasteiger partial charge in [0.2, 0.25) is 0 Å². The number of nitrogens with zero attached hydrogens (tertiary/aromatic N) is 1. The monoisotopic (exact) mass is 501 g/mol. The molecule has 0 fully saturated rings. The average molecular weight is 502 g/mol. The number of amides is 2. The van der Waals surface area contributed by atoms with Crippen LogP contribution in [0.2, 0.25) is 0 Å². The largest absolute Gasteiger partial charge is 0.465 e. The second-order valence-electron chi connectivity index (χ2n) is 9.21. The molecule has 0 aromatic heterocycles. The highest BCUT2D eigenvalue weighted by atomic mass is 16.6. The van der Waals surface area contributed by atoms with Gasteiger partial charge in [0, 0.05) is 23.4 Å². The van der Waals surface area contributed by atoms with Crippen molar-refractivity contribution in [2.24, 2.45) is 0 Å². The van der Waals surface area contributed by atoms with Gasteiger partial charge in [-0.2, -0.15) is 0 Å². The van der Waals surface area contributed by atoms with Crippen molar-refractivity contribution >= 4 is 35.2 Å². The average Bonchev–Trinajstić information content (AvgIpc) is 2.88. The van der Waals surface area contributed by atoms with Crippen LogP contribution in [0.15, 0.2) is 78.5 Å². The van der Waals surface area contributed by atoms with E-state index in [0.29, 0.717) is 22.4 Å². The van der Waals surface area contributed by atoms with E-state index in [1.165, 1.54) is 61.7 Å². The number of esters is 1. The third-order valence-corrected chi connectivity index (χ3v) is 5.48. The van der Waals surface area contributed by atoms with Crippen LogP contribution in [-0.4, -0.2) is 29.8 Å². The summed E-state index contributed by atoms with van der Waals surface area (Å²) >= 11 is 0. The summed E-state index contributed by atoms with van der Waals surface area (Å²) in [6.07, 6.45) is 1.42. The summed E-state index contributed by atoms with van der Waals surface area (Å²) < 4.78 is 4.67. The number of anilines is 1. The Morgan fingerprint density at radius 2 is 1.43 bits per heavy atom. The van der Waals surface area contributed by atoms with E-state index in [0.717, 1.165) is 5.56 Å². The van der Waals surface area contributed by atoms with Crippen molar-refractivity contribution in [3.8, 4) is 0 Å². The summed E-state index contributed by atoms with van der Waals surface area (Å²) in [7, 11) is 1.27. The van der Waals surface area contributed by atoms with Crippen LogP contribution in [0.3, 0.4) is 0 Å². The predicted molar refractivity (Wildman–Crippen MR) is 140 cm³/mol. The molecule has 0 aliphatic rings. The van der Waals surface area contributed by atoms with Gasteiger partial charge < -0.3 is 15.4 Å². The molecular formula is C28H27N3O6. The summed E-state index contributed by atoms with van der Waals surface area (Å²) in [6.45, 7) is 6.19. The topological polar surface area (TPSA) is 128 Å². The molecule has 190 valence electrons. The molecular weight excluding hydrogens is 474 g/mol. The number of non-ortho nitro benzene ring substituents is 1. The normalized spacial score (nSPS) is 11.4. The van der Waals surface area contributed by atoms with E-state index in [9.17, 15) is 24.5 Å². The number of nitro groups is 1. The van der Waals surface area contributed by atoms with E-state index in [1.54, 1.807) is 12.1 Å². The number of hydrogen-bond acceptors (Lipinski definition) is 6.